The van der Waals surface area contributed by atoms with E-state index in [-0.39, 0.29) is 11.4 Å². The van der Waals surface area contributed by atoms with E-state index in [1.165, 1.54) is 7.11 Å². The number of hydrogen-bond donors (Lipinski definition) is 0. The molecule has 0 saturated carbocycles. The van der Waals surface area contributed by atoms with E-state index in [9.17, 15) is 9.59 Å². The van der Waals surface area contributed by atoms with Crippen molar-refractivity contribution in [2.75, 3.05) is 14.2 Å². The molecular formula is C21H29NO4. The number of ether oxygens (including phenoxy) is 2. The highest BCUT2D eigenvalue weighted by molar-refractivity contribution is 5.90. The van der Waals surface area contributed by atoms with E-state index in [1.807, 2.05) is 19.9 Å². The SMILES string of the molecule is COC(=O)C(C)(C)Cc1cnc(OC)c(C2=C(C=O)CC(C)(C)CC2)c1. The Labute approximate surface area is 155 Å². The van der Waals surface area contributed by atoms with Gasteiger partial charge in [0.15, 0.2) is 0 Å². The molecule has 5 heteroatoms. The van der Waals surface area contributed by atoms with E-state index in [1.54, 1.807) is 13.3 Å². The van der Waals surface area contributed by atoms with Crippen LogP contribution in [-0.4, -0.2) is 31.5 Å². The Hall–Kier alpha value is -2.17. The fourth-order valence-corrected chi connectivity index (χ4v) is 3.58. The van der Waals surface area contributed by atoms with Crippen LogP contribution in [0.1, 0.15) is 58.1 Å². The standard InChI is InChI=1S/C21H29NO4/c1-20(2)8-7-16(15(11-20)13-23)17-9-14(12-22-18(17)25-5)10-21(3,4)19(24)26-6/h9,12-13H,7-8,10-11H2,1-6H3. The van der Waals surface area contributed by atoms with Crippen LogP contribution in [0.5, 0.6) is 5.88 Å². The third kappa shape index (κ3) is 4.32. The number of allylic oxidation sites excluding steroid dienone is 2. The third-order valence-electron chi connectivity index (χ3n) is 5.06. The van der Waals surface area contributed by atoms with E-state index in [4.69, 9.17) is 9.47 Å². The fraction of sp³-hybridized carbons (Fsp3) is 0.571. The molecule has 0 fully saturated rings. The second-order valence-electron chi connectivity index (χ2n) is 8.42. The lowest BCUT2D eigenvalue weighted by Gasteiger charge is -2.32. The Morgan fingerprint density at radius 2 is 2.04 bits per heavy atom. The van der Waals surface area contributed by atoms with Crippen LogP contribution in [0.2, 0.25) is 0 Å². The summed E-state index contributed by atoms with van der Waals surface area (Å²) in [5.41, 5.74) is 3.04. The van der Waals surface area contributed by atoms with Gasteiger partial charge in [0.1, 0.15) is 6.29 Å². The van der Waals surface area contributed by atoms with Crippen molar-refractivity contribution in [3.05, 3.63) is 29.0 Å². The van der Waals surface area contributed by atoms with Crippen LogP contribution in [-0.2, 0) is 20.7 Å². The average Bonchev–Trinajstić information content (AvgIpc) is 2.59. The molecule has 0 aromatic carbocycles. The van der Waals surface area contributed by atoms with Crippen molar-refractivity contribution in [3.8, 4) is 5.88 Å². The van der Waals surface area contributed by atoms with Gasteiger partial charge in [-0.1, -0.05) is 13.8 Å². The Morgan fingerprint density at radius 1 is 1.35 bits per heavy atom. The minimum atomic E-state index is -0.654. The quantitative estimate of drug-likeness (QED) is 0.567. The van der Waals surface area contributed by atoms with E-state index >= 15 is 0 Å². The predicted octanol–water partition coefficient (Wildman–Crippen LogP) is 3.99. The third-order valence-corrected chi connectivity index (χ3v) is 5.06. The highest BCUT2D eigenvalue weighted by Crippen LogP contribution is 2.43. The molecule has 0 spiro atoms. The number of pyridine rings is 1. The van der Waals surface area contributed by atoms with Crippen LogP contribution in [0, 0.1) is 10.8 Å². The first kappa shape index (κ1) is 20.1. The van der Waals surface area contributed by atoms with Gasteiger partial charge in [-0.2, -0.15) is 0 Å². The van der Waals surface area contributed by atoms with Crippen LogP contribution in [0.15, 0.2) is 17.8 Å². The summed E-state index contributed by atoms with van der Waals surface area (Å²) in [6, 6.07) is 1.99. The van der Waals surface area contributed by atoms with Crippen LogP contribution in [0.25, 0.3) is 5.57 Å². The van der Waals surface area contributed by atoms with Crippen molar-refractivity contribution < 1.29 is 19.1 Å². The molecule has 0 amide bonds. The first-order valence-electron chi connectivity index (χ1n) is 8.92. The minimum absolute atomic E-state index is 0.116. The lowest BCUT2D eigenvalue weighted by molar-refractivity contribution is -0.150. The first-order valence-corrected chi connectivity index (χ1v) is 8.92. The first-order chi connectivity index (χ1) is 12.1. The number of nitrogens with zero attached hydrogens (tertiary/aromatic N) is 1. The number of carbonyl (C=O) groups excluding carboxylic acids is 2. The van der Waals surface area contributed by atoms with E-state index in [0.717, 1.165) is 47.8 Å². The van der Waals surface area contributed by atoms with Crippen molar-refractivity contribution in [2.24, 2.45) is 10.8 Å². The summed E-state index contributed by atoms with van der Waals surface area (Å²) in [4.78, 5) is 28.1. The molecule has 1 aliphatic carbocycles. The minimum Gasteiger partial charge on any atom is -0.481 e. The maximum absolute atomic E-state index is 12.0. The Morgan fingerprint density at radius 3 is 2.62 bits per heavy atom. The Kier molecular flexibility index (Phi) is 5.89. The largest absolute Gasteiger partial charge is 0.481 e. The zero-order valence-electron chi connectivity index (χ0n) is 16.6. The number of aromatic nitrogens is 1. The number of carbonyl (C=O) groups is 2. The zero-order valence-corrected chi connectivity index (χ0v) is 16.6. The molecule has 0 saturated heterocycles. The number of esters is 1. The van der Waals surface area contributed by atoms with E-state index < -0.39 is 5.41 Å². The second-order valence-corrected chi connectivity index (χ2v) is 8.42. The summed E-state index contributed by atoms with van der Waals surface area (Å²) < 4.78 is 10.3. The van der Waals surface area contributed by atoms with Gasteiger partial charge in [-0.25, -0.2) is 4.98 Å². The molecule has 26 heavy (non-hydrogen) atoms. The van der Waals surface area contributed by atoms with E-state index in [2.05, 4.69) is 18.8 Å². The monoisotopic (exact) mass is 359 g/mol. The molecule has 5 nitrogen and oxygen atoms in total. The molecule has 2 rings (SSSR count). The molecule has 0 N–H and O–H groups in total. The van der Waals surface area contributed by atoms with Crippen molar-refractivity contribution in [1.82, 2.24) is 4.98 Å². The number of methoxy groups -OCH3 is 2. The molecule has 0 unspecified atom stereocenters. The van der Waals surface area contributed by atoms with Crippen molar-refractivity contribution >= 4 is 17.8 Å². The fourth-order valence-electron chi connectivity index (χ4n) is 3.58. The second kappa shape index (κ2) is 7.60. The maximum Gasteiger partial charge on any atom is 0.311 e. The summed E-state index contributed by atoms with van der Waals surface area (Å²) in [7, 11) is 2.98. The van der Waals surface area contributed by atoms with Gasteiger partial charge >= 0.3 is 5.97 Å². The van der Waals surface area contributed by atoms with Gasteiger partial charge in [0.2, 0.25) is 5.88 Å². The van der Waals surface area contributed by atoms with Gasteiger partial charge in [-0.3, -0.25) is 9.59 Å². The molecular weight excluding hydrogens is 330 g/mol. The molecule has 1 aliphatic rings. The molecule has 1 aromatic rings. The van der Waals surface area contributed by atoms with Crippen LogP contribution in [0.4, 0.5) is 0 Å². The van der Waals surface area contributed by atoms with Crippen molar-refractivity contribution in [2.45, 2.75) is 53.4 Å². The molecule has 1 aromatic heterocycles. The van der Waals surface area contributed by atoms with Crippen LogP contribution < -0.4 is 4.74 Å². The molecule has 0 bridgehead atoms. The van der Waals surface area contributed by atoms with Crippen molar-refractivity contribution in [1.29, 1.82) is 0 Å². The van der Waals surface area contributed by atoms with Crippen LogP contribution in [0.3, 0.4) is 0 Å². The van der Waals surface area contributed by atoms with Gasteiger partial charge < -0.3 is 9.47 Å². The molecule has 0 atom stereocenters. The number of aldehydes is 1. The summed E-state index contributed by atoms with van der Waals surface area (Å²) >= 11 is 0. The summed E-state index contributed by atoms with van der Waals surface area (Å²) in [5.74, 6) is 0.251. The lowest BCUT2D eigenvalue weighted by atomic mass is 9.73. The van der Waals surface area contributed by atoms with Gasteiger partial charge in [-0.05, 0) is 67.7 Å². The predicted molar refractivity (Wildman–Crippen MR) is 101 cm³/mol. The maximum atomic E-state index is 12.0. The molecule has 0 radical (unpaired) electrons. The highest BCUT2D eigenvalue weighted by Gasteiger charge is 2.31. The zero-order chi connectivity index (χ0) is 19.5. The topological polar surface area (TPSA) is 65.5 Å². The van der Waals surface area contributed by atoms with Gasteiger partial charge in [0, 0.05) is 11.8 Å². The Bertz CT molecular complexity index is 732. The molecule has 142 valence electrons. The van der Waals surface area contributed by atoms with E-state index in [0.29, 0.717) is 12.3 Å². The number of rotatable bonds is 6. The lowest BCUT2D eigenvalue weighted by Crippen LogP contribution is -2.28. The van der Waals surface area contributed by atoms with Gasteiger partial charge in [-0.15, -0.1) is 0 Å². The van der Waals surface area contributed by atoms with Gasteiger partial charge in [0.25, 0.3) is 0 Å². The summed E-state index contributed by atoms with van der Waals surface area (Å²) in [6.45, 7) is 8.06. The summed E-state index contributed by atoms with van der Waals surface area (Å²) in [5, 5.41) is 0. The van der Waals surface area contributed by atoms with Crippen LogP contribution >= 0.6 is 0 Å². The molecule has 1 heterocycles. The summed E-state index contributed by atoms with van der Waals surface area (Å²) in [6.07, 6.45) is 5.73. The van der Waals surface area contributed by atoms with Crippen molar-refractivity contribution in [3.63, 3.8) is 0 Å². The Balaban J connectivity index is 2.47. The average molecular weight is 359 g/mol. The van der Waals surface area contributed by atoms with Gasteiger partial charge in [0.05, 0.1) is 19.6 Å². The molecule has 0 aliphatic heterocycles. The smallest absolute Gasteiger partial charge is 0.311 e. The normalized spacial score (nSPS) is 17.0. The highest BCUT2D eigenvalue weighted by atomic mass is 16.5. The number of hydrogen-bond acceptors (Lipinski definition) is 5.